The molecule has 22 heavy (non-hydrogen) atoms. The van der Waals surface area contributed by atoms with Crippen LogP contribution < -0.4 is 10.2 Å². The summed E-state index contributed by atoms with van der Waals surface area (Å²) < 4.78 is 0. The van der Waals surface area contributed by atoms with Gasteiger partial charge >= 0.3 is 0 Å². The molecule has 1 fully saturated rings. The number of rotatable bonds is 3. The van der Waals surface area contributed by atoms with Crippen LogP contribution in [0.4, 0.5) is 11.4 Å². The van der Waals surface area contributed by atoms with Crippen molar-refractivity contribution >= 4 is 34.8 Å². The lowest BCUT2D eigenvalue weighted by Gasteiger charge is -2.16. The fraction of sp³-hybridized carbons (Fsp3) is 0.176. The quantitative estimate of drug-likeness (QED) is 0.883. The van der Waals surface area contributed by atoms with Gasteiger partial charge in [-0.1, -0.05) is 23.7 Å². The van der Waals surface area contributed by atoms with Gasteiger partial charge in [0.25, 0.3) is 5.91 Å². The Morgan fingerprint density at radius 1 is 1.14 bits per heavy atom. The Bertz CT molecular complexity index is 728. The molecule has 0 saturated carbocycles. The van der Waals surface area contributed by atoms with Gasteiger partial charge in [0.1, 0.15) is 6.04 Å². The van der Waals surface area contributed by atoms with Crippen LogP contribution in [0.5, 0.6) is 0 Å². The van der Waals surface area contributed by atoms with E-state index < -0.39 is 6.04 Å². The number of nitrogens with one attached hydrogen (secondary N) is 1. The lowest BCUT2D eigenvalue weighted by atomic mass is 10.2. The van der Waals surface area contributed by atoms with E-state index >= 15 is 0 Å². The van der Waals surface area contributed by atoms with E-state index in [0.717, 1.165) is 11.3 Å². The van der Waals surface area contributed by atoms with Crippen LogP contribution in [0.25, 0.3) is 0 Å². The maximum atomic E-state index is 12.5. The van der Waals surface area contributed by atoms with E-state index in [1.165, 1.54) is 4.90 Å². The SMILES string of the molecule is Cc1cccc(NC2CC(=O)N(c3ccc(Cl)cc3)C2=O)c1. The van der Waals surface area contributed by atoms with E-state index in [4.69, 9.17) is 11.6 Å². The lowest BCUT2D eigenvalue weighted by Crippen LogP contribution is -2.34. The molecule has 1 saturated heterocycles. The van der Waals surface area contributed by atoms with Crippen LogP contribution >= 0.6 is 11.6 Å². The molecule has 4 nitrogen and oxygen atoms in total. The smallest absolute Gasteiger partial charge is 0.256 e. The molecule has 1 heterocycles. The van der Waals surface area contributed by atoms with E-state index in [0.29, 0.717) is 10.7 Å². The van der Waals surface area contributed by atoms with Crippen LogP contribution in [-0.4, -0.2) is 17.9 Å². The largest absolute Gasteiger partial charge is 0.373 e. The van der Waals surface area contributed by atoms with Crippen molar-refractivity contribution < 1.29 is 9.59 Å². The van der Waals surface area contributed by atoms with Gasteiger partial charge in [0, 0.05) is 10.7 Å². The molecular formula is C17H15ClN2O2. The third kappa shape index (κ3) is 2.83. The Morgan fingerprint density at radius 2 is 1.86 bits per heavy atom. The van der Waals surface area contributed by atoms with Crippen LogP contribution in [0.15, 0.2) is 48.5 Å². The zero-order valence-corrected chi connectivity index (χ0v) is 12.8. The molecule has 1 aliphatic heterocycles. The summed E-state index contributed by atoms with van der Waals surface area (Å²) in [6, 6.07) is 13.9. The van der Waals surface area contributed by atoms with Gasteiger partial charge in [-0.3, -0.25) is 9.59 Å². The molecule has 2 aromatic rings. The first-order valence-corrected chi connectivity index (χ1v) is 7.38. The summed E-state index contributed by atoms with van der Waals surface area (Å²) in [6.07, 6.45) is 0.148. The van der Waals surface area contributed by atoms with Crippen LogP contribution in [0, 0.1) is 6.92 Å². The topological polar surface area (TPSA) is 49.4 Å². The fourth-order valence-electron chi connectivity index (χ4n) is 2.54. The molecule has 1 N–H and O–H groups in total. The minimum Gasteiger partial charge on any atom is -0.373 e. The molecule has 0 aromatic heterocycles. The van der Waals surface area contributed by atoms with Gasteiger partial charge in [0.2, 0.25) is 5.91 Å². The van der Waals surface area contributed by atoms with Crippen molar-refractivity contribution in [2.75, 3.05) is 10.2 Å². The minimum absolute atomic E-state index is 0.148. The normalized spacial score (nSPS) is 17.9. The first-order valence-electron chi connectivity index (χ1n) is 7.00. The zero-order chi connectivity index (χ0) is 15.7. The van der Waals surface area contributed by atoms with Gasteiger partial charge in [0.05, 0.1) is 12.1 Å². The molecule has 0 aliphatic carbocycles. The summed E-state index contributed by atoms with van der Waals surface area (Å²) in [5.74, 6) is -0.452. The van der Waals surface area contributed by atoms with Crippen LogP contribution in [-0.2, 0) is 9.59 Å². The third-order valence-electron chi connectivity index (χ3n) is 3.59. The average Bonchev–Trinajstić information content (AvgIpc) is 2.75. The van der Waals surface area contributed by atoms with Crippen molar-refractivity contribution in [3.05, 3.63) is 59.1 Å². The van der Waals surface area contributed by atoms with E-state index in [2.05, 4.69) is 5.32 Å². The highest BCUT2D eigenvalue weighted by Crippen LogP contribution is 2.26. The number of carbonyl (C=O) groups is 2. The number of hydrogen-bond acceptors (Lipinski definition) is 3. The minimum atomic E-state index is -0.537. The summed E-state index contributed by atoms with van der Waals surface area (Å²) in [6.45, 7) is 1.98. The highest BCUT2D eigenvalue weighted by atomic mass is 35.5. The second-order valence-corrected chi connectivity index (χ2v) is 5.75. The third-order valence-corrected chi connectivity index (χ3v) is 3.84. The number of anilines is 2. The van der Waals surface area contributed by atoms with Gasteiger partial charge in [-0.25, -0.2) is 4.90 Å². The number of hydrogen-bond donors (Lipinski definition) is 1. The van der Waals surface area contributed by atoms with Crippen LogP contribution in [0.1, 0.15) is 12.0 Å². The summed E-state index contributed by atoms with van der Waals surface area (Å²) >= 11 is 5.84. The highest BCUT2D eigenvalue weighted by molar-refractivity contribution is 6.30. The molecule has 3 rings (SSSR count). The Kier molecular flexibility index (Phi) is 3.86. The molecule has 2 amide bonds. The van der Waals surface area contributed by atoms with Crippen molar-refractivity contribution in [2.24, 2.45) is 0 Å². The van der Waals surface area contributed by atoms with Crippen LogP contribution in [0.2, 0.25) is 5.02 Å². The summed E-state index contributed by atoms with van der Waals surface area (Å²) in [7, 11) is 0. The lowest BCUT2D eigenvalue weighted by molar-refractivity contribution is -0.121. The molecule has 1 atom stereocenters. The Morgan fingerprint density at radius 3 is 2.55 bits per heavy atom. The molecular weight excluding hydrogens is 300 g/mol. The second kappa shape index (κ2) is 5.81. The van der Waals surface area contributed by atoms with Crippen molar-refractivity contribution in [3.8, 4) is 0 Å². The number of nitrogens with zero attached hydrogens (tertiary/aromatic N) is 1. The van der Waals surface area contributed by atoms with Gasteiger partial charge in [-0.15, -0.1) is 0 Å². The van der Waals surface area contributed by atoms with E-state index in [9.17, 15) is 9.59 Å². The fourth-order valence-corrected chi connectivity index (χ4v) is 2.67. The molecule has 2 aromatic carbocycles. The number of carbonyl (C=O) groups excluding carboxylic acids is 2. The maximum absolute atomic E-state index is 12.5. The van der Waals surface area contributed by atoms with Crippen molar-refractivity contribution in [1.29, 1.82) is 0 Å². The van der Waals surface area contributed by atoms with Crippen LogP contribution in [0.3, 0.4) is 0 Å². The number of aryl methyl sites for hydroxylation is 1. The van der Waals surface area contributed by atoms with Crippen molar-refractivity contribution in [1.82, 2.24) is 0 Å². The molecule has 0 radical (unpaired) electrons. The van der Waals surface area contributed by atoms with Gasteiger partial charge in [-0.2, -0.15) is 0 Å². The van der Waals surface area contributed by atoms with E-state index in [1.54, 1.807) is 24.3 Å². The summed E-state index contributed by atoms with van der Waals surface area (Å²) in [5.41, 5.74) is 2.48. The molecule has 1 aliphatic rings. The summed E-state index contributed by atoms with van der Waals surface area (Å²) in [4.78, 5) is 25.9. The maximum Gasteiger partial charge on any atom is 0.256 e. The number of halogens is 1. The highest BCUT2D eigenvalue weighted by Gasteiger charge is 2.39. The first kappa shape index (κ1) is 14.6. The summed E-state index contributed by atoms with van der Waals surface area (Å²) in [5, 5.41) is 3.70. The Labute approximate surface area is 133 Å². The molecule has 112 valence electrons. The predicted octanol–water partition coefficient (Wildman–Crippen LogP) is 3.39. The van der Waals surface area contributed by atoms with E-state index in [-0.39, 0.29) is 18.2 Å². The van der Waals surface area contributed by atoms with E-state index in [1.807, 2.05) is 31.2 Å². The number of amides is 2. The van der Waals surface area contributed by atoms with Gasteiger partial charge in [-0.05, 0) is 48.9 Å². The molecule has 1 unspecified atom stereocenters. The van der Waals surface area contributed by atoms with Crippen molar-refractivity contribution in [3.63, 3.8) is 0 Å². The standard InChI is InChI=1S/C17H15ClN2O2/c1-11-3-2-4-13(9-11)19-15-10-16(21)20(17(15)22)14-7-5-12(18)6-8-14/h2-9,15,19H,10H2,1H3. The predicted molar refractivity (Wildman–Crippen MR) is 87.2 cm³/mol. The zero-order valence-electron chi connectivity index (χ0n) is 12.0. The molecule has 0 bridgehead atoms. The Balaban J connectivity index is 1.81. The van der Waals surface area contributed by atoms with Gasteiger partial charge < -0.3 is 5.32 Å². The Hall–Kier alpha value is -2.33. The monoisotopic (exact) mass is 314 g/mol. The molecule has 0 spiro atoms. The second-order valence-electron chi connectivity index (χ2n) is 5.31. The number of benzene rings is 2. The average molecular weight is 315 g/mol. The van der Waals surface area contributed by atoms with Gasteiger partial charge in [0.15, 0.2) is 0 Å². The number of imide groups is 1. The first-order chi connectivity index (χ1) is 10.5. The van der Waals surface area contributed by atoms with Crippen molar-refractivity contribution in [2.45, 2.75) is 19.4 Å². The molecule has 5 heteroatoms.